The molecule has 0 atom stereocenters. The molecule has 0 aliphatic carbocycles. The lowest BCUT2D eigenvalue weighted by atomic mass is 9.91. The Hall–Kier alpha value is -6.26. The van der Waals surface area contributed by atoms with Crippen LogP contribution >= 0.6 is 0 Å². The van der Waals surface area contributed by atoms with Crippen molar-refractivity contribution in [2.45, 2.75) is 70.8 Å². The molecule has 8 heterocycles. The van der Waals surface area contributed by atoms with Crippen LogP contribution in [-0.4, -0.2) is 75.8 Å². The molecule has 314 valence electrons. The van der Waals surface area contributed by atoms with Crippen LogP contribution in [0.2, 0.25) is 0 Å². The van der Waals surface area contributed by atoms with E-state index >= 15 is 8.78 Å². The first-order valence-electron chi connectivity index (χ1n) is 20.4. The highest BCUT2D eigenvalue weighted by Gasteiger charge is 2.40. The minimum Gasteiger partial charge on any atom is -0.316 e. The van der Waals surface area contributed by atoms with Gasteiger partial charge < -0.3 is 29.0 Å². The van der Waals surface area contributed by atoms with Crippen LogP contribution in [0, 0.1) is 25.5 Å². The predicted octanol–water partition coefficient (Wildman–Crippen LogP) is 7.59. The third kappa shape index (κ3) is 7.58. The molecule has 12 nitrogen and oxygen atoms in total. The van der Waals surface area contributed by atoms with Crippen LogP contribution in [0.3, 0.4) is 0 Å². The van der Waals surface area contributed by atoms with Crippen LogP contribution in [-0.2, 0) is 11.3 Å². The van der Waals surface area contributed by atoms with Gasteiger partial charge >= 0.3 is 0 Å². The Morgan fingerprint density at radius 3 is 1.49 bits per heavy atom. The number of benzene rings is 2. The van der Waals surface area contributed by atoms with Crippen molar-refractivity contribution in [1.82, 2.24) is 48.9 Å². The number of likely N-dealkylation sites (tertiary alicyclic amines) is 1. The summed E-state index contributed by atoms with van der Waals surface area (Å²) in [4.78, 5) is 50.3. The number of rotatable bonds is 5. The summed E-state index contributed by atoms with van der Waals surface area (Å²) < 4.78 is 63.1. The van der Waals surface area contributed by atoms with Gasteiger partial charge in [0.25, 0.3) is 11.1 Å². The fraction of sp³-hybridized carbons (Fsp3) is 0.333. The standard InChI is InChI=1S/C24H25F2N5O.C21H19F2N5O/c1-14(2)30-8-6-24(26,7-9-30)23-28-20-5-4-16(10-18(20)22(32)29-23)17-11-19(25)21-27-15(3)12-31(21)13-17;1-12-10-28-11-14(9-16(22)18(28)25-12)13-2-3-17-15(8-13)19(29)27-20(26-17)21(23)4-6-24-7-5-21/h4-5,10-14H,6-9H2,1-3H3,(H,28,29,32);2-3,8-11,24H,4-7H2,1H3,(H,26,27,29). The van der Waals surface area contributed by atoms with Crippen molar-refractivity contribution in [3.8, 4) is 22.3 Å². The van der Waals surface area contributed by atoms with Crippen molar-refractivity contribution in [2.24, 2.45) is 0 Å². The van der Waals surface area contributed by atoms with Gasteiger partial charge in [0.05, 0.1) is 33.2 Å². The molecule has 2 aliphatic rings. The van der Waals surface area contributed by atoms with Crippen molar-refractivity contribution in [3.63, 3.8) is 0 Å². The number of imidazole rings is 2. The SMILES string of the molecule is Cc1cn2cc(-c3ccc4nc(C5(F)CCN(C(C)C)CC5)[nH]c(=O)c4c3)cc(F)c2n1.Cc1cn2cc(-c3ccc4nc(C5(F)CCNCC5)[nH]c(=O)c4c3)cc(F)c2n1. The van der Waals surface area contributed by atoms with E-state index in [9.17, 15) is 18.4 Å². The van der Waals surface area contributed by atoms with Gasteiger partial charge in [0.2, 0.25) is 0 Å². The van der Waals surface area contributed by atoms with E-state index in [1.54, 1.807) is 83.8 Å². The predicted molar refractivity (Wildman–Crippen MR) is 226 cm³/mol. The lowest BCUT2D eigenvalue weighted by molar-refractivity contribution is 0.0360. The number of fused-ring (bicyclic) bond motifs is 4. The number of alkyl halides is 2. The monoisotopic (exact) mass is 832 g/mol. The molecule has 8 aromatic rings. The average molecular weight is 833 g/mol. The van der Waals surface area contributed by atoms with Crippen LogP contribution in [0.5, 0.6) is 0 Å². The van der Waals surface area contributed by atoms with Gasteiger partial charge in [-0.3, -0.25) is 9.59 Å². The fourth-order valence-corrected chi connectivity index (χ4v) is 8.43. The van der Waals surface area contributed by atoms with Crippen LogP contribution in [0.15, 0.2) is 82.9 Å². The number of pyridine rings is 2. The van der Waals surface area contributed by atoms with Crippen molar-refractivity contribution >= 4 is 33.1 Å². The third-order valence-corrected chi connectivity index (χ3v) is 11.9. The summed E-state index contributed by atoms with van der Waals surface area (Å²) >= 11 is 0. The Morgan fingerprint density at radius 2 is 1.05 bits per heavy atom. The first kappa shape index (κ1) is 40.2. The smallest absolute Gasteiger partial charge is 0.258 e. The second kappa shape index (κ2) is 15.3. The first-order chi connectivity index (χ1) is 29.2. The molecule has 0 amide bonds. The average Bonchev–Trinajstić information content (AvgIpc) is 3.82. The summed E-state index contributed by atoms with van der Waals surface area (Å²) in [5.74, 6) is -0.716. The van der Waals surface area contributed by atoms with Crippen LogP contribution < -0.4 is 16.4 Å². The van der Waals surface area contributed by atoms with Gasteiger partial charge in [-0.2, -0.15) is 0 Å². The molecular weight excluding hydrogens is 789 g/mol. The van der Waals surface area contributed by atoms with E-state index in [1.165, 1.54) is 12.1 Å². The van der Waals surface area contributed by atoms with Crippen molar-refractivity contribution in [1.29, 1.82) is 0 Å². The molecule has 2 fully saturated rings. The second-order valence-electron chi connectivity index (χ2n) is 16.5. The van der Waals surface area contributed by atoms with Crippen molar-refractivity contribution < 1.29 is 17.6 Å². The topological polar surface area (TPSA) is 141 Å². The van der Waals surface area contributed by atoms with Crippen LogP contribution in [0.25, 0.3) is 55.4 Å². The molecule has 3 N–H and O–H groups in total. The molecule has 2 aromatic carbocycles. The molecule has 0 unspecified atom stereocenters. The third-order valence-electron chi connectivity index (χ3n) is 11.9. The molecule has 0 saturated carbocycles. The van der Waals surface area contributed by atoms with E-state index in [0.717, 1.165) is 0 Å². The van der Waals surface area contributed by atoms with Gasteiger partial charge in [0, 0.05) is 80.7 Å². The summed E-state index contributed by atoms with van der Waals surface area (Å²) in [6.07, 6.45) is 8.14. The Bertz CT molecular complexity index is 3100. The minimum atomic E-state index is -1.65. The number of aromatic amines is 2. The molecule has 2 saturated heterocycles. The Balaban J connectivity index is 0.000000157. The van der Waals surface area contributed by atoms with Crippen molar-refractivity contribution in [3.05, 3.63) is 129 Å². The van der Waals surface area contributed by atoms with E-state index in [1.807, 2.05) is 0 Å². The largest absolute Gasteiger partial charge is 0.316 e. The maximum absolute atomic E-state index is 15.7. The van der Waals surface area contributed by atoms with E-state index < -0.39 is 34.1 Å². The zero-order valence-electron chi connectivity index (χ0n) is 34.1. The highest BCUT2D eigenvalue weighted by atomic mass is 19.2. The quantitative estimate of drug-likeness (QED) is 0.151. The maximum atomic E-state index is 15.7. The van der Waals surface area contributed by atoms with Gasteiger partial charge in [-0.25, -0.2) is 37.5 Å². The molecular formula is C45H44F4N10O2. The van der Waals surface area contributed by atoms with Gasteiger partial charge in [-0.1, -0.05) is 12.1 Å². The van der Waals surface area contributed by atoms with Gasteiger partial charge in [0.1, 0.15) is 11.6 Å². The number of hydrogen-bond donors (Lipinski definition) is 3. The summed E-state index contributed by atoms with van der Waals surface area (Å²) in [5.41, 5.74) is 1.27. The van der Waals surface area contributed by atoms with Crippen LogP contribution in [0.1, 0.15) is 62.6 Å². The fourth-order valence-electron chi connectivity index (χ4n) is 8.43. The number of nitrogens with zero attached hydrogens (tertiary/aromatic N) is 7. The highest BCUT2D eigenvalue weighted by Crippen LogP contribution is 2.36. The summed E-state index contributed by atoms with van der Waals surface area (Å²) in [7, 11) is 0. The van der Waals surface area contributed by atoms with Crippen molar-refractivity contribution in [2.75, 3.05) is 26.2 Å². The summed E-state index contributed by atoms with van der Waals surface area (Å²) in [6.45, 7) is 10.1. The van der Waals surface area contributed by atoms with Crippen LogP contribution in [0.4, 0.5) is 17.6 Å². The molecule has 10 rings (SSSR count). The number of hydrogen-bond acceptors (Lipinski definition) is 8. The first-order valence-corrected chi connectivity index (χ1v) is 20.4. The zero-order valence-corrected chi connectivity index (χ0v) is 34.1. The number of halogens is 4. The molecule has 0 spiro atoms. The highest BCUT2D eigenvalue weighted by molar-refractivity contribution is 5.85. The number of aryl methyl sites for hydroxylation is 2. The van der Waals surface area contributed by atoms with E-state index in [-0.39, 0.29) is 35.8 Å². The minimum absolute atomic E-state index is 0.0746. The molecule has 61 heavy (non-hydrogen) atoms. The number of H-pyrrole nitrogens is 2. The molecule has 16 heteroatoms. The second-order valence-corrected chi connectivity index (χ2v) is 16.5. The van der Waals surface area contributed by atoms with E-state index in [0.29, 0.717) is 101 Å². The number of piperidine rings is 2. The van der Waals surface area contributed by atoms with Gasteiger partial charge in [-0.15, -0.1) is 0 Å². The van der Waals surface area contributed by atoms with Gasteiger partial charge in [-0.05, 0) is 88.3 Å². The Labute approximate surface area is 346 Å². The maximum Gasteiger partial charge on any atom is 0.258 e. The summed E-state index contributed by atoms with van der Waals surface area (Å²) in [5, 5.41) is 3.79. The molecule has 0 radical (unpaired) electrons. The normalized spacial score (nSPS) is 16.7. The molecule has 0 bridgehead atoms. The van der Waals surface area contributed by atoms with E-state index in [4.69, 9.17) is 0 Å². The van der Waals surface area contributed by atoms with Gasteiger partial charge in [0.15, 0.2) is 34.3 Å². The molecule has 6 aromatic heterocycles. The van der Waals surface area contributed by atoms with E-state index in [2.05, 4.69) is 54.0 Å². The zero-order chi connectivity index (χ0) is 42.8. The lowest BCUT2D eigenvalue weighted by Crippen LogP contribution is -2.44. The number of aromatic nitrogens is 8. The lowest BCUT2D eigenvalue weighted by Gasteiger charge is -2.37. The Morgan fingerprint density at radius 1 is 0.607 bits per heavy atom. The summed E-state index contributed by atoms with van der Waals surface area (Å²) in [6, 6.07) is 13.4. The number of nitrogens with one attached hydrogen (secondary N) is 3. The molecule has 2 aliphatic heterocycles. The Kier molecular flexibility index (Phi) is 10.1.